The van der Waals surface area contributed by atoms with Crippen LogP contribution < -0.4 is 10.2 Å². The average molecular weight is 262 g/mol. The Labute approximate surface area is 112 Å². The van der Waals surface area contributed by atoms with Crippen LogP contribution in [0.15, 0.2) is 24.3 Å². The third-order valence-electron chi connectivity index (χ3n) is 3.33. The number of nitrogens with zero attached hydrogens (tertiary/aromatic N) is 1. The molecule has 0 bridgehead atoms. The van der Waals surface area contributed by atoms with Crippen LogP contribution in [0.5, 0.6) is 0 Å². The van der Waals surface area contributed by atoms with Crippen LogP contribution >= 0.6 is 0 Å². The number of rotatable bonds is 2. The van der Waals surface area contributed by atoms with E-state index in [1.807, 2.05) is 11.0 Å². The van der Waals surface area contributed by atoms with E-state index in [9.17, 15) is 9.59 Å². The third-order valence-corrected chi connectivity index (χ3v) is 3.33. The van der Waals surface area contributed by atoms with Crippen LogP contribution in [0.3, 0.4) is 0 Å². The smallest absolute Gasteiger partial charge is 0.337 e. The number of ether oxygens (including phenoxy) is 1. The van der Waals surface area contributed by atoms with E-state index in [1.165, 1.54) is 7.11 Å². The van der Waals surface area contributed by atoms with Crippen LogP contribution in [0.1, 0.15) is 24.2 Å². The molecular weight excluding hydrogens is 244 g/mol. The van der Waals surface area contributed by atoms with Gasteiger partial charge >= 0.3 is 5.97 Å². The third kappa shape index (κ3) is 2.70. The van der Waals surface area contributed by atoms with Crippen LogP contribution in [-0.4, -0.2) is 37.6 Å². The van der Waals surface area contributed by atoms with Gasteiger partial charge in [0.1, 0.15) is 0 Å². The molecule has 5 nitrogen and oxygen atoms in total. The molecule has 1 saturated heterocycles. The number of esters is 1. The van der Waals surface area contributed by atoms with Gasteiger partial charge in [0.2, 0.25) is 5.91 Å². The Morgan fingerprint density at radius 2 is 2.16 bits per heavy atom. The lowest BCUT2D eigenvalue weighted by Crippen LogP contribution is -2.60. The summed E-state index contributed by atoms with van der Waals surface area (Å²) in [5.74, 6) is -0.385. The van der Waals surface area contributed by atoms with Crippen molar-refractivity contribution < 1.29 is 14.3 Å². The van der Waals surface area contributed by atoms with E-state index in [2.05, 4.69) is 19.2 Å². The van der Waals surface area contributed by atoms with Crippen LogP contribution in [0.25, 0.3) is 0 Å². The SMILES string of the molecule is COC(=O)c1cccc(N2CC(=O)NCC2(C)C)c1. The summed E-state index contributed by atoms with van der Waals surface area (Å²) in [6.45, 7) is 4.97. The van der Waals surface area contributed by atoms with Gasteiger partial charge in [-0.15, -0.1) is 0 Å². The molecule has 1 aliphatic heterocycles. The maximum atomic E-state index is 11.6. The minimum absolute atomic E-state index is 0.0113. The molecule has 0 spiro atoms. The molecule has 19 heavy (non-hydrogen) atoms. The van der Waals surface area contributed by atoms with Gasteiger partial charge in [-0.3, -0.25) is 4.79 Å². The fourth-order valence-corrected chi connectivity index (χ4v) is 2.18. The zero-order chi connectivity index (χ0) is 14.0. The molecule has 1 aromatic rings. The van der Waals surface area contributed by atoms with E-state index in [1.54, 1.807) is 18.2 Å². The van der Waals surface area contributed by atoms with Gasteiger partial charge in [-0.2, -0.15) is 0 Å². The molecule has 1 amide bonds. The summed E-state index contributed by atoms with van der Waals surface area (Å²) < 4.78 is 4.71. The van der Waals surface area contributed by atoms with Gasteiger partial charge in [0.15, 0.2) is 0 Å². The lowest BCUT2D eigenvalue weighted by molar-refractivity contribution is -0.121. The van der Waals surface area contributed by atoms with Gasteiger partial charge in [0.25, 0.3) is 0 Å². The van der Waals surface area contributed by atoms with Crippen molar-refractivity contribution in [3.05, 3.63) is 29.8 Å². The van der Waals surface area contributed by atoms with Crippen molar-refractivity contribution in [1.29, 1.82) is 0 Å². The molecular formula is C14H18N2O3. The van der Waals surface area contributed by atoms with E-state index in [4.69, 9.17) is 4.74 Å². The number of piperazine rings is 1. The number of anilines is 1. The Hall–Kier alpha value is -2.04. The highest BCUT2D eigenvalue weighted by atomic mass is 16.5. The standard InChI is InChI=1S/C14H18N2O3/c1-14(2)9-15-12(17)8-16(14)11-6-4-5-10(7-11)13(18)19-3/h4-7H,8-9H2,1-3H3,(H,15,17). The number of carbonyl (C=O) groups is 2. The van der Waals surface area contributed by atoms with Gasteiger partial charge in [-0.25, -0.2) is 4.79 Å². The molecule has 1 heterocycles. The molecule has 0 saturated carbocycles. The highest BCUT2D eigenvalue weighted by molar-refractivity contribution is 5.91. The predicted octanol–water partition coefficient (Wildman–Crippen LogP) is 1.19. The summed E-state index contributed by atoms with van der Waals surface area (Å²) in [4.78, 5) is 25.1. The van der Waals surface area contributed by atoms with E-state index in [0.717, 1.165) is 5.69 Å². The maximum Gasteiger partial charge on any atom is 0.337 e. The molecule has 0 unspecified atom stereocenters. The molecule has 0 aromatic heterocycles. The molecule has 1 fully saturated rings. The number of methoxy groups -OCH3 is 1. The second-order valence-corrected chi connectivity index (χ2v) is 5.22. The molecule has 0 aliphatic carbocycles. The maximum absolute atomic E-state index is 11.6. The molecule has 102 valence electrons. The van der Waals surface area contributed by atoms with Crippen molar-refractivity contribution in [1.82, 2.24) is 5.32 Å². The first-order valence-electron chi connectivity index (χ1n) is 6.17. The molecule has 0 atom stereocenters. The fraction of sp³-hybridized carbons (Fsp3) is 0.429. The van der Waals surface area contributed by atoms with E-state index < -0.39 is 0 Å². The van der Waals surface area contributed by atoms with Crippen molar-refractivity contribution >= 4 is 17.6 Å². The number of nitrogens with one attached hydrogen (secondary N) is 1. The van der Waals surface area contributed by atoms with Crippen LogP contribution in [0.2, 0.25) is 0 Å². The zero-order valence-electron chi connectivity index (χ0n) is 11.4. The Bertz CT molecular complexity index is 511. The van der Waals surface area contributed by atoms with Crippen LogP contribution in [-0.2, 0) is 9.53 Å². The van der Waals surface area contributed by atoms with Gasteiger partial charge in [-0.05, 0) is 32.0 Å². The lowest BCUT2D eigenvalue weighted by atomic mass is 9.98. The summed E-state index contributed by atoms with van der Waals surface area (Å²) in [7, 11) is 1.35. The van der Waals surface area contributed by atoms with Gasteiger partial charge < -0.3 is 15.0 Å². The van der Waals surface area contributed by atoms with Crippen molar-refractivity contribution in [2.45, 2.75) is 19.4 Å². The Morgan fingerprint density at radius 1 is 1.42 bits per heavy atom. The summed E-state index contributed by atoms with van der Waals surface area (Å²) in [6, 6.07) is 7.15. The minimum atomic E-state index is -0.374. The van der Waals surface area contributed by atoms with Crippen LogP contribution in [0.4, 0.5) is 5.69 Å². The average Bonchev–Trinajstić information content (AvgIpc) is 2.41. The first-order chi connectivity index (χ1) is 8.94. The number of amides is 1. The topological polar surface area (TPSA) is 58.6 Å². The van der Waals surface area contributed by atoms with E-state index >= 15 is 0 Å². The van der Waals surface area contributed by atoms with Gasteiger partial charge in [0.05, 0.1) is 24.8 Å². The normalized spacial score (nSPS) is 17.8. The van der Waals surface area contributed by atoms with E-state index in [-0.39, 0.29) is 24.0 Å². The van der Waals surface area contributed by atoms with Gasteiger partial charge in [-0.1, -0.05) is 6.07 Å². The summed E-state index contributed by atoms with van der Waals surface area (Å²) in [6.07, 6.45) is 0. The molecule has 5 heteroatoms. The van der Waals surface area contributed by atoms with Crippen molar-refractivity contribution in [2.75, 3.05) is 25.1 Å². The number of carbonyl (C=O) groups excluding carboxylic acids is 2. The molecule has 2 rings (SSSR count). The predicted molar refractivity (Wildman–Crippen MR) is 72.2 cm³/mol. The molecule has 0 radical (unpaired) electrons. The Morgan fingerprint density at radius 3 is 2.84 bits per heavy atom. The van der Waals surface area contributed by atoms with Crippen molar-refractivity contribution in [2.24, 2.45) is 0 Å². The first kappa shape index (κ1) is 13.4. The fourth-order valence-electron chi connectivity index (χ4n) is 2.18. The number of hydrogen-bond acceptors (Lipinski definition) is 4. The van der Waals surface area contributed by atoms with Crippen molar-refractivity contribution in [3.8, 4) is 0 Å². The van der Waals surface area contributed by atoms with Crippen LogP contribution in [0, 0.1) is 0 Å². The van der Waals surface area contributed by atoms with E-state index in [0.29, 0.717) is 12.1 Å². The molecule has 1 N–H and O–H groups in total. The monoisotopic (exact) mass is 262 g/mol. The summed E-state index contributed by atoms with van der Waals surface area (Å²) in [5.41, 5.74) is 1.15. The Balaban J connectivity index is 2.34. The first-order valence-corrected chi connectivity index (χ1v) is 6.17. The largest absolute Gasteiger partial charge is 0.465 e. The second-order valence-electron chi connectivity index (χ2n) is 5.22. The molecule has 1 aliphatic rings. The highest BCUT2D eigenvalue weighted by Gasteiger charge is 2.33. The second kappa shape index (κ2) is 4.91. The van der Waals surface area contributed by atoms with Crippen molar-refractivity contribution in [3.63, 3.8) is 0 Å². The number of hydrogen-bond donors (Lipinski definition) is 1. The minimum Gasteiger partial charge on any atom is -0.465 e. The Kier molecular flexibility index (Phi) is 3.46. The number of benzene rings is 1. The quantitative estimate of drug-likeness (QED) is 0.813. The molecule has 1 aromatic carbocycles. The van der Waals surface area contributed by atoms with Gasteiger partial charge in [0, 0.05) is 12.2 Å². The summed E-state index contributed by atoms with van der Waals surface area (Å²) in [5, 5.41) is 2.85. The summed E-state index contributed by atoms with van der Waals surface area (Å²) >= 11 is 0. The highest BCUT2D eigenvalue weighted by Crippen LogP contribution is 2.26. The zero-order valence-corrected chi connectivity index (χ0v) is 11.4. The lowest BCUT2D eigenvalue weighted by Gasteiger charge is -2.43.